The summed E-state index contributed by atoms with van der Waals surface area (Å²) in [4.78, 5) is 28.5. The molecule has 0 aliphatic heterocycles. The Balaban J connectivity index is 1.35. The van der Waals surface area contributed by atoms with Gasteiger partial charge >= 0.3 is 0 Å². The third-order valence-corrected chi connectivity index (χ3v) is 6.16. The van der Waals surface area contributed by atoms with E-state index < -0.39 is 5.43 Å². The Labute approximate surface area is 191 Å². The van der Waals surface area contributed by atoms with Gasteiger partial charge in [-0.05, 0) is 62.8 Å². The van der Waals surface area contributed by atoms with Crippen LogP contribution in [0.15, 0.2) is 35.3 Å². The fourth-order valence-electron chi connectivity index (χ4n) is 4.17. The van der Waals surface area contributed by atoms with Gasteiger partial charge in [-0.15, -0.1) is 0 Å². The minimum atomic E-state index is -0.446. The number of halogens is 1. The highest BCUT2D eigenvalue weighted by Gasteiger charge is 2.18. The van der Waals surface area contributed by atoms with Gasteiger partial charge in [0.2, 0.25) is 11.3 Å². The van der Waals surface area contributed by atoms with Crippen LogP contribution in [0.3, 0.4) is 0 Å². The normalized spacial score (nSPS) is 13.1. The SMILES string of the molecule is Cc1c(O)c(=O)ccn1CC(=O)NCCCNc1c2c(nc3cc(Cl)ccc13)CCCC2. The van der Waals surface area contributed by atoms with Gasteiger partial charge in [0, 0.05) is 47.1 Å². The van der Waals surface area contributed by atoms with E-state index in [1.807, 2.05) is 18.2 Å². The zero-order chi connectivity index (χ0) is 22.7. The van der Waals surface area contributed by atoms with Crippen molar-refractivity contribution in [2.45, 2.75) is 45.6 Å². The summed E-state index contributed by atoms with van der Waals surface area (Å²) in [6, 6.07) is 7.08. The molecule has 1 amide bonds. The molecule has 0 fully saturated rings. The maximum atomic E-state index is 12.3. The summed E-state index contributed by atoms with van der Waals surface area (Å²) < 4.78 is 1.56. The molecule has 1 aliphatic carbocycles. The van der Waals surface area contributed by atoms with Gasteiger partial charge in [-0.2, -0.15) is 0 Å². The molecule has 0 radical (unpaired) electrons. The molecular formula is C24H27ClN4O3. The van der Waals surface area contributed by atoms with Gasteiger partial charge in [-0.25, -0.2) is 0 Å². The second-order valence-electron chi connectivity index (χ2n) is 8.15. The number of amides is 1. The number of hydrogen-bond donors (Lipinski definition) is 3. The minimum absolute atomic E-state index is 0.0519. The van der Waals surface area contributed by atoms with Crippen molar-refractivity contribution in [3.8, 4) is 5.75 Å². The van der Waals surface area contributed by atoms with E-state index in [4.69, 9.17) is 16.6 Å². The fraction of sp³-hybridized carbons (Fsp3) is 0.375. The van der Waals surface area contributed by atoms with Crippen LogP contribution in [-0.2, 0) is 24.2 Å². The Morgan fingerprint density at radius 3 is 2.88 bits per heavy atom. The van der Waals surface area contributed by atoms with Crippen LogP contribution in [0.4, 0.5) is 5.69 Å². The number of carbonyl (C=O) groups excluding carboxylic acids is 1. The Morgan fingerprint density at radius 2 is 2.03 bits per heavy atom. The molecule has 3 N–H and O–H groups in total. The number of carbonyl (C=O) groups is 1. The van der Waals surface area contributed by atoms with Crippen molar-refractivity contribution in [3.63, 3.8) is 0 Å². The quantitative estimate of drug-likeness (QED) is 0.474. The van der Waals surface area contributed by atoms with E-state index in [2.05, 4.69) is 10.6 Å². The molecule has 32 heavy (non-hydrogen) atoms. The number of aromatic nitrogens is 2. The van der Waals surface area contributed by atoms with Crippen molar-refractivity contribution in [1.29, 1.82) is 0 Å². The molecule has 2 heterocycles. The lowest BCUT2D eigenvalue weighted by molar-refractivity contribution is -0.121. The molecule has 0 atom stereocenters. The highest BCUT2D eigenvalue weighted by molar-refractivity contribution is 6.31. The van der Waals surface area contributed by atoms with E-state index in [1.54, 1.807) is 11.5 Å². The van der Waals surface area contributed by atoms with E-state index in [0.29, 0.717) is 23.8 Å². The van der Waals surface area contributed by atoms with Gasteiger partial charge in [-0.1, -0.05) is 11.6 Å². The second kappa shape index (κ2) is 9.61. The highest BCUT2D eigenvalue weighted by Crippen LogP contribution is 2.34. The zero-order valence-corrected chi connectivity index (χ0v) is 18.8. The maximum absolute atomic E-state index is 12.3. The third kappa shape index (κ3) is 4.72. The number of nitrogens with zero attached hydrogens (tertiary/aromatic N) is 2. The third-order valence-electron chi connectivity index (χ3n) is 5.93. The lowest BCUT2D eigenvalue weighted by atomic mass is 9.92. The van der Waals surface area contributed by atoms with Crippen LogP contribution in [0.2, 0.25) is 5.02 Å². The highest BCUT2D eigenvalue weighted by atomic mass is 35.5. The van der Waals surface area contributed by atoms with Crippen LogP contribution >= 0.6 is 11.6 Å². The summed E-state index contributed by atoms with van der Waals surface area (Å²) in [5.41, 5.74) is 4.42. The molecule has 0 unspecified atom stereocenters. The number of pyridine rings is 2. The predicted octanol–water partition coefficient (Wildman–Crippen LogP) is 3.56. The van der Waals surface area contributed by atoms with E-state index in [0.717, 1.165) is 48.0 Å². The molecule has 2 aromatic heterocycles. The van der Waals surface area contributed by atoms with Crippen molar-refractivity contribution in [2.24, 2.45) is 0 Å². The zero-order valence-electron chi connectivity index (χ0n) is 18.1. The largest absolute Gasteiger partial charge is 0.503 e. The molecule has 0 saturated heterocycles. The number of anilines is 1. The Morgan fingerprint density at radius 1 is 1.22 bits per heavy atom. The first-order valence-corrected chi connectivity index (χ1v) is 11.3. The first-order chi connectivity index (χ1) is 15.4. The molecule has 0 spiro atoms. The lowest BCUT2D eigenvalue weighted by Gasteiger charge is -2.22. The van der Waals surface area contributed by atoms with Crippen molar-refractivity contribution < 1.29 is 9.90 Å². The van der Waals surface area contributed by atoms with Crippen molar-refractivity contribution in [1.82, 2.24) is 14.9 Å². The first-order valence-electron chi connectivity index (χ1n) is 10.9. The van der Waals surface area contributed by atoms with E-state index >= 15 is 0 Å². The maximum Gasteiger partial charge on any atom is 0.239 e. The van der Waals surface area contributed by atoms with Gasteiger partial charge in [0.1, 0.15) is 6.54 Å². The summed E-state index contributed by atoms with van der Waals surface area (Å²) in [6.07, 6.45) is 6.60. The summed E-state index contributed by atoms with van der Waals surface area (Å²) >= 11 is 6.18. The number of hydrogen-bond acceptors (Lipinski definition) is 5. The molecule has 0 saturated carbocycles. The number of fused-ring (bicyclic) bond motifs is 2. The molecule has 168 valence electrons. The fourth-order valence-corrected chi connectivity index (χ4v) is 4.34. The summed E-state index contributed by atoms with van der Waals surface area (Å²) in [5, 5.41) is 18.0. The molecule has 0 bridgehead atoms. The Hall–Kier alpha value is -3.06. The average molecular weight is 455 g/mol. The van der Waals surface area contributed by atoms with Crippen molar-refractivity contribution in [3.05, 3.63) is 62.7 Å². The van der Waals surface area contributed by atoms with Crippen LogP contribution in [0, 0.1) is 6.92 Å². The molecule has 4 rings (SSSR count). The van der Waals surface area contributed by atoms with Crippen LogP contribution in [0.25, 0.3) is 10.9 Å². The average Bonchev–Trinajstić information content (AvgIpc) is 2.78. The summed E-state index contributed by atoms with van der Waals surface area (Å²) in [7, 11) is 0. The number of aromatic hydroxyl groups is 1. The lowest BCUT2D eigenvalue weighted by Crippen LogP contribution is -2.30. The number of nitrogens with one attached hydrogen (secondary N) is 2. The molecule has 1 aliphatic rings. The predicted molar refractivity (Wildman–Crippen MR) is 127 cm³/mol. The van der Waals surface area contributed by atoms with Gasteiger partial charge in [0.15, 0.2) is 5.75 Å². The minimum Gasteiger partial charge on any atom is -0.503 e. The monoisotopic (exact) mass is 454 g/mol. The van der Waals surface area contributed by atoms with Gasteiger partial charge < -0.3 is 20.3 Å². The molecule has 8 heteroatoms. The number of benzene rings is 1. The van der Waals surface area contributed by atoms with Gasteiger partial charge in [0.25, 0.3) is 0 Å². The van der Waals surface area contributed by atoms with Gasteiger partial charge in [0.05, 0.1) is 11.2 Å². The summed E-state index contributed by atoms with van der Waals surface area (Å²) in [6.45, 7) is 2.90. The van der Waals surface area contributed by atoms with Crippen LogP contribution in [-0.4, -0.2) is 33.7 Å². The van der Waals surface area contributed by atoms with Crippen LogP contribution in [0.1, 0.15) is 36.2 Å². The molecule has 1 aromatic carbocycles. The van der Waals surface area contributed by atoms with Crippen LogP contribution in [0.5, 0.6) is 5.75 Å². The Bertz CT molecular complexity index is 1220. The summed E-state index contributed by atoms with van der Waals surface area (Å²) in [5.74, 6) is -0.490. The van der Waals surface area contributed by atoms with Crippen molar-refractivity contribution in [2.75, 3.05) is 18.4 Å². The second-order valence-corrected chi connectivity index (χ2v) is 8.59. The van der Waals surface area contributed by atoms with Crippen LogP contribution < -0.4 is 16.1 Å². The van der Waals surface area contributed by atoms with E-state index in [9.17, 15) is 14.7 Å². The van der Waals surface area contributed by atoms with E-state index in [1.165, 1.54) is 24.2 Å². The molecule has 3 aromatic rings. The van der Waals surface area contributed by atoms with Gasteiger partial charge in [-0.3, -0.25) is 14.6 Å². The van der Waals surface area contributed by atoms with Crippen molar-refractivity contribution >= 4 is 34.1 Å². The topological polar surface area (TPSA) is 96.2 Å². The Kier molecular flexibility index (Phi) is 6.65. The number of rotatable bonds is 7. The standard InChI is InChI=1S/C24H27ClN4O3/c1-15-24(32)21(30)9-12-29(15)14-22(31)26-10-4-11-27-23-17-5-2-3-6-19(17)28-20-13-16(25)7-8-18(20)23/h7-9,12-13,32H,2-6,10-11,14H2,1H3,(H,26,31)(H,27,28). The van der Waals surface area contributed by atoms with E-state index in [-0.39, 0.29) is 18.2 Å². The molecule has 7 nitrogen and oxygen atoms in total. The smallest absolute Gasteiger partial charge is 0.239 e. The molecular weight excluding hydrogens is 428 g/mol. The number of aryl methyl sites for hydroxylation is 1. The first kappa shape index (κ1) is 22.1.